The molecule has 0 fully saturated rings. The fourth-order valence-corrected chi connectivity index (χ4v) is 7.77. The highest BCUT2D eigenvalue weighted by molar-refractivity contribution is 7.95. The van der Waals surface area contributed by atoms with Crippen molar-refractivity contribution in [3.8, 4) is 12.1 Å². The molecule has 3 aromatic carbocycles. The van der Waals surface area contributed by atoms with Crippen molar-refractivity contribution in [1.29, 1.82) is 10.5 Å². The van der Waals surface area contributed by atoms with Crippen molar-refractivity contribution in [2.24, 2.45) is 0 Å². The molecule has 0 atom stereocenters. The third-order valence-corrected chi connectivity index (χ3v) is 9.20. The van der Waals surface area contributed by atoms with Gasteiger partial charge in [0.2, 0.25) is 0 Å². The lowest BCUT2D eigenvalue weighted by molar-refractivity contribution is 1.33. The Morgan fingerprint density at radius 1 is 0.667 bits per heavy atom. The molecule has 0 bridgehead atoms. The van der Waals surface area contributed by atoms with Gasteiger partial charge in [0.1, 0.15) is 40.9 Å². The zero-order chi connectivity index (χ0) is 19.1. The van der Waals surface area contributed by atoms with Gasteiger partial charge in [-0.2, -0.15) is 10.5 Å². The molecule has 0 spiro atoms. The van der Waals surface area contributed by atoms with Gasteiger partial charge < -0.3 is 0 Å². The Morgan fingerprint density at radius 3 is 1.30 bits per heavy atom. The predicted molar refractivity (Wildman–Crippen MR) is 114 cm³/mol. The molecule has 0 aliphatic rings. The van der Waals surface area contributed by atoms with Crippen LogP contribution in [0.4, 0.5) is 0 Å². The highest BCUT2D eigenvalue weighted by atomic mass is 31.2. The monoisotopic (exact) mass is 367 g/mol. The zero-order valence-corrected chi connectivity index (χ0v) is 16.1. The molecule has 2 nitrogen and oxygen atoms in total. The van der Waals surface area contributed by atoms with E-state index in [1.54, 1.807) is 0 Å². The van der Waals surface area contributed by atoms with Gasteiger partial charge in [0, 0.05) is 0 Å². The Bertz CT molecular complexity index is 898. The largest absolute Gasteiger partial charge is 0.192 e. The molecule has 130 valence electrons. The molecular formula is C24H20N2P+. The molecule has 27 heavy (non-hydrogen) atoms. The minimum Gasteiger partial charge on any atom is -0.192 e. The van der Waals surface area contributed by atoms with Crippen molar-refractivity contribution in [2.75, 3.05) is 6.16 Å². The maximum Gasteiger partial charge on any atom is 0.132 e. The van der Waals surface area contributed by atoms with E-state index in [1.165, 1.54) is 15.9 Å². The second kappa shape index (κ2) is 8.46. The molecule has 0 heterocycles. The second-order valence-corrected chi connectivity index (χ2v) is 9.84. The molecule has 0 amide bonds. The minimum absolute atomic E-state index is 0.210. The van der Waals surface area contributed by atoms with E-state index in [0.29, 0.717) is 6.16 Å². The third kappa shape index (κ3) is 3.68. The summed E-state index contributed by atoms with van der Waals surface area (Å²) in [4.78, 5) is 0. The van der Waals surface area contributed by atoms with Crippen LogP contribution in [0.5, 0.6) is 0 Å². The van der Waals surface area contributed by atoms with Gasteiger partial charge >= 0.3 is 0 Å². The second-order valence-electron chi connectivity index (χ2n) is 6.35. The molecular weight excluding hydrogens is 347 g/mol. The quantitative estimate of drug-likeness (QED) is 0.497. The Hall–Kier alpha value is -3.19. The van der Waals surface area contributed by atoms with E-state index in [4.69, 9.17) is 0 Å². The van der Waals surface area contributed by atoms with Crippen LogP contribution in [0.1, 0.15) is 6.92 Å². The van der Waals surface area contributed by atoms with Crippen LogP contribution in [0.25, 0.3) is 0 Å². The van der Waals surface area contributed by atoms with Crippen LogP contribution in [0.2, 0.25) is 0 Å². The maximum atomic E-state index is 9.39. The van der Waals surface area contributed by atoms with Gasteiger partial charge in [-0.15, -0.1) is 0 Å². The van der Waals surface area contributed by atoms with E-state index in [2.05, 4.69) is 84.9 Å². The zero-order valence-electron chi connectivity index (χ0n) is 15.2. The van der Waals surface area contributed by atoms with Crippen LogP contribution >= 0.6 is 7.26 Å². The third-order valence-electron chi connectivity index (χ3n) is 4.72. The summed E-state index contributed by atoms with van der Waals surface area (Å²) >= 11 is 0. The molecule has 3 heteroatoms. The summed E-state index contributed by atoms with van der Waals surface area (Å²) in [7, 11) is -2.05. The number of nitrogens with zero attached hydrogens (tertiary/aromatic N) is 2. The lowest BCUT2D eigenvalue weighted by Gasteiger charge is -2.28. The summed E-state index contributed by atoms with van der Waals surface area (Å²) in [5.41, 5.74) is 1.05. The van der Waals surface area contributed by atoms with Crippen molar-refractivity contribution >= 4 is 23.2 Å². The summed E-state index contributed by atoms with van der Waals surface area (Å²) in [5, 5.41) is 22.5. The van der Waals surface area contributed by atoms with Crippen molar-refractivity contribution in [1.82, 2.24) is 0 Å². The van der Waals surface area contributed by atoms with Gasteiger partial charge in [0.25, 0.3) is 0 Å². The van der Waals surface area contributed by atoms with Crippen LogP contribution in [0, 0.1) is 22.7 Å². The Kier molecular flexibility index (Phi) is 5.83. The first-order valence-corrected chi connectivity index (χ1v) is 10.7. The van der Waals surface area contributed by atoms with Gasteiger partial charge in [0.05, 0.1) is 6.16 Å². The standard InChI is InChI=1S/C24H20N2P/c1-20(21(17-25)18-26)19-27(22-11-5-2-6-12-22,23-13-7-3-8-14-23)24-15-9-4-10-16-24/h2-16H,19H2,1H3/q+1. The van der Waals surface area contributed by atoms with Crippen molar-refractivity contribution in [3.05, 3.63) is 102 Å². The number of benzene rings is 3. The fraction of sp³-hybridized carbons (Fsp3) is 0.0833. The van der Waals surface area contributed by atoms with Crippen LogP contribution in [0.15, 0.2) is 102 Å². The summed E-state index contributed by atoms with van der Waals surface area (Å²) < 4.78 is 0. The molecule has 0 aliphatic carbocycles. The van der Waals surface area contributed by atoms with Gasteiger partial charge in [0.15, 0.2) is 0 Å². The smallest absolute Gasteiger partial charge is 0.132 e. The average Bonchev–Trinajstić information content (AvgIpc) is 2.75. The molecule has 0 N–H and O–H groups in total. The van der Waals surface area contributed by atoms with E-state index >= 15 is 0 Å². The number of rotatable bonds is 5. The molecule has 0 saturated heterocycles. The van der Waals surface area contributed by atoms with Crippen molar-refractivity contribution in [3.63, 3.8) is 0 Å². The SMILES string of the molecule is CC(C[P+](c1ccccc1)(c1ccccc1)c1ccccc1)=C(C#N)C#N. The normalized spacial score (nSPS) is 10.5. The van der Waals surface area contributed by atoms with Crippen molar-refractivity contribution in [2.45, 2.75) is 6.92 Å². The number of hydrogen-bond acceptors (Lipinski definition) is 2. The minimum atomic E-state index is -2.05. The first kappa shape index (κ1) is 18.6. The molecule has 0 aliphatic heterocycles. The number of hydrogen-bond donors (Lipinski definition) is 0. The maximum absolute atomic E-state index is 9.39. The van der Waals surface area contributed by atoms with Crippen LogP contribution in [-0.4, -0.2) is 6.16 Å². The summed E-state index contributed by atoms with van der Waals surface area (Å²) in [5.74, 6) is 0. The summed E-state index contributed by atoms with van der Waals surface area (Å²) in [6, 6.07) is 35.5. The molecule has 3 aromatic rings. The lowest BCUT2D eigenvalue weighted by atomic mass is 10.2. The first-order valence-electron chi connectivity index (χ1n) is 8.77. The van der Waals surface area contributed by atoms with E-state index in [-0.39, 0.29) is 5.57 Å². The van der Waals surface area contributed by atoms with E-state index in [0.717, 1.165) is 5.57 Å². The Balaban J connectivity index is 2.35. The van der Waals surface area contributed by atoms with Gasteiger partial charge in [-0.3, -0.25) is 0 Å². The molecule has 0 radical (unpaired) electrons. The predicted octanol–water partition coefficient (Wildman–Crippen LogP) is 4.34. The van der Waals surface area contributed by atoms with Crippen molar-refractivity contribution < 1.29 is 0 Å². The average molecular weight is 367 g/mol. The van der Waals surface area contributed by atoms with Crippen LogP contribution in [0.3, 0.4) is 0 Å². The Labute approximate surface area is 161 Å². The van der Waals surface area contributed by atoms with E-state index in [1.807, 2.05) is 25.1 Å². The highest BCUT2D eigenvalue weighted by Gasteiger charge is 2.45. The first-order chi connectivity index (χ1) is 13.2. The van der Waals surface area contributed by atoms with E-state index < -0.39 is 7.26 Å². The number of allylic oxidation sites excluding steroid dienone is 2. The lowest BCUT2D eigenvalue weighted by Crippen LogP contribution is -2.33. The molecule has 0 unspecified atom stereocenters. The summed E-state index contributed by atoms with van der Waals surface area (Å²) in [6.45, 7) is 1.91. The molecule has 3 rings (SSSR count). The van der Waals surface area contributed by atoms with E-state index in [9.17, 15) is 10.5 Å². The molecule has 0 saturated carbocycles. The van der Waals surface area contributed by atoms with Crippen LogP contribution in [-0.2, 0) is 0 Å². The molecule has 0 aromatic heterocycles. The summed E-state index contributed by atoms with van der Waals surface area (Å²) in [6.07, 6.45) is 0.668. The van der Waals surface area contributed by atoms with Gasteiger partial charge in [-0.05, 0) is 48.9 Å². The van der Waals surface area contributed by atoms with Gasteiger partial charge in [-0.1, -0.05) is 54.6 Å². The van der Waals surface area contributed by atoms with Gasteiger partial charge in [-0.25, -0.2) is 0 Å². The highest BCUT2D eigenvalue weighted by Crippen LogP contribution is 2.56. The number of nitriles is 2. The topological polar surface area (TPSA) is 47.6 Å². The van der Waals surface area contributed by atoms with Crippen LogP contribution < -0.4 is 15.9 Å². The Morgan fingerprint density at radius 2 is 1.00 bits per heavy atom. The fourth-order valence-electron chi connectivity index (χ4n) is 3.42.